The maximum absolute atomic E-state index is 9.84. The monoisotopic (exact) mass is 174 g/mol. The fourth-order valence-corrected chi connectivity index (χ4v) is 2.95. The van der Waals surface area contributed by atoms with Gasteiger partial charge in [-0.3, -0.25) is 0 Å². The molecule has 0 amide bonds. The molecule has 0 heterocycles. The van der Waals surface area contributed by atoms with E-state index in [4.69, 9.17) is 0 Å². The van der Waals surface area contributed by atoms with E-state index in [0.717, 1.165) is 6.42 Å². The van der Waals surface area contributed by atoms with Crippen molar-refractivity contribution in [2.75, 3.05) is 0 Å². The average molecular weight is 174 g/mol. The van der Waals surface area contributed by atoms with Gasteiger partial charge in [-0.1, -0.05) is 18.2 Å². The third-order valence-electron chi connectivity index (χ3n) is 3.50. The number of aliphatic hydroxyl groups is 1. The van der Waals surface area contributed by atoms with Crippen molar-refractivity contribution in [2.45, 2.75) is 37.7 Å². The molecular weight excluding hydrogens is 160 g/mol. The highest BCUT2D eigenvalue weighted by molar-refractivity contribution is 5.44. The molecule has 0 radical (unpaired) electrons. The third-order valence-corrected chi connectivity index (χ3v) is 3.50. The van der Waals surface area contributed by atoms with E-state index in [1.807, 2.05) is 0 Å². The van der Waals surface area contributed by atoms with Crippen molar-refractivity contribution in [1.82, 2.24) is 0 Å². The maximum Gasteiger partial charge on any atom is 0.0798 e. The summed E-state index contributed by atoms with van der Waals surface area (Å²) in [4.78, 5) is 0. The van der Waals surface area contributed by atoms with Crippen LogP contribution in [0.3, 0.4) is 0 Å². The average Bonchev–Trinajstić information content (AvgIpc) is 2.47. The molecule has 3 rings (SSSR count). The molecule has 0 bridgehead atoms. The number of hydrogen-bond acceptors (Lipinski definition) is 1. The quantitative estimate of drug-likeness (QED) is 0.640. The molecule has 2 atom stereocenters. The minimum absolute atomic E-state index is 0.182. The highest BCUT2D eigenvalue weighted by Crippen LogP contribution is 2.47. The van der Waals surface area contributed by atoms with E-state index in [9.17, 15) is 5.11 Å². The molecule has 2 aliphatic carbocycles. The molecule has 1 aromatic carbocycles. The van der Waals surface area contributed by atoms with Crippen molar-refractivity contribution in [3.05, 3.63) is 34.9 Å². The van der Waals surface area contributed by atoms with E-state index in [0.29, 0.717) is 5.92 Å². The largest absolute Gasteiger partial charge is 0.388 e. The highest BCUT2D eigenvalue weighted by Gasteiger charge is 2.33. The Morgan fingerprint density at radius 1 is 1.31 bits per heavy atom. The summed E-state index contributed by atoms with van der Waals surface area (Å²) in [6, 6.07) is 6.41. The zero-order valence-corrected chi connectivity index (χ0v) is 7.66. The molecular formula is C12H14O. The topological polar surface area (TPSA) is 20.2 Å². The van der Waals surface area contributed by atoms with Crippen LogP contribution < -0.4 is 0 Å². The Bertz CT molecular complexity index is 343. The Morgan fingerprint density at radius 2 is 2.23 bits per heavy atom. The molecule has 0 spiro atoms. The van der Waals surface area contributed by atoms with Gasteiger partial charge in [-0.05, 0) is 48.3 Å². The van der Waals surface area contributed by atoms with Crippen LogP contribution in [-0.2, 0) is 6.42 Å². The lowest BCUT2D eigenvalue weighted by Gasteiger charge is -2.20. The summed E-state index contributed by atoms with van der Waals surface area (Å²) in [5.74, 6) is 0.662. The van der Waals surface area contributed by atoms with Crippen LogP contribution in [0.5, 0.6) is 0 Å². The van der Waals surface area contributed by atoms with Crippen LogP contribution in [0.25, 0.3) is 0 Å². The van der Waals surface area contributed by atoms with Gasteiger partial charge < -0.3 is 5.11 Å². The molecule has 1 nitrogen and oxygen atoms in total. The van der Waals surface area contributed by atoms with Crippen molar-refractivity contribution < 1.29 is 5.11 Å². The second-order valence-corrected chi connectivity index (χ2v) is 4.26. The number of aryl methyl sites for hydroxylation is 1. The normalized spacial score (nSPS) is 30.2. The number of hydrogen-bond donors (Lipinski definition) is 1. The predicted molar refractivity (Wildman–Crippen MR) is 51.7 cm³/mol. The van der Waals surface area contributed by atoms with Gasteiger partial charge in [0.05, 0.1) is 6.10 Å². The summed E-state index contributed by atoms with van der Waals surface area (Å²) in [6.07, 6.45) is 4.58. The van der Waals surface area contributed by atoms with Crippen LogP contribution in [0.2, 0.25) is 0 Å². The molecule has 0 fully saturated rings. The molecule has 1 N–H and O–H groups in total. The first-order valence-corrected chi connectivity index (χ1v) is 5.16. The second-order valence-electron chi connectivity index (χ2n) is 4.26. The Hall–Kier alpha value is -0.820. The zero-order valence-electron chi connectivity index (χ0n) is 7.66. The van der Waals surface area contributed by atoms with Crippen molar-refractivity contribution in [3.63, 3.8) is 0 Å². The van der Waals surface area contributed by atoms with Gasteiger partial charge in [0.1, 0.15) is 0 Å². The first-order valence-electron chi connectivity index (χ1n) is 5.16. The van der Waals surface area contributed by atoms with E-state index in [1.54, 1.807) is 0 Å². The SMILES string of the molecule is O[C@@H]1C[C@H]2CCCc3cccc1c32. The number of benzene rings is 1. The van der Waals surface area contributed by atoms with Crippen molar-refractivity contribution in [2.24, 2.45) is 0 Å². The molecule has 0 aliphatic heterocycles. The summed E-state index contributed by atoms with van der Waals surface area (Å²) >= 11 is 0. The zero-order chi connectivity index (χ0) is 8.84. The smallest absolute Gasteiger partial charge is 0.0798 e. The van der Waals surface area contributed by atoms with Gasteiger partial charge >= 0.3 is 0 Å². The lowest BCUT2D eigenvalue weighted by molar-refractivity contribution is 0.171. The van der Waals surface area contributed by atoms with Gasteiger partial charge in [-0.2, -0.15) is 0 Å². The summed E-state index contributed by atoms with van der Waals surface area (Å²) in [6.45, 7) is 0. The second kappa shape index (κ2) is 2.58. The fraction of sp³-hybridized carbons (Fsp3) is 0.500. The molecule has 0 saturated carbocycles. The Morgan fingerprint density at radius 3 is 3.15 bits per heavy atom. The molecule has 1 heteroatoms. The summed E-state index contributed by atoms with van der Waals surface area (Å²) in [5.41, 5.74) is 4.19. The number of aliphatic hydroxyl groups excluding tert-OH is 1. The first-order chi connectivity index (χ1) is 6.36. The van der Waals surface area contributed by atoms with Crippen molar-refractivity contribution in [1.29, 1.82) is 0 Å². The van der Waals surface area contributed by atoms with Crippen LogP contribution in [0.1, 0.15) is 48.0 Å². The fourth-order valence-electron chi connectivity index (χ4n) is 2.95. The van der Waals surface area contributed by atoms with Gasteiger partial charge in [-0.25, -0.2) is 0 Å². The summed E-state index contributed by atoms with van der Waals surface area (Å²) in [5, 5.41) is 9.84. The molecule has 0 unspecified atom stereocenters. The van der Waals surface area contributed by atoms with Gasteiger partial charge in [0.2, 0.25) is 0 Å². The summed E-state index contributed by atoms with van der Waals surface area (Å²) in [7, 11) is 0. The van der Waals surface area contributed by atoms with Crippen LogP contribution in [0.4, 0.5) is 0 Å². The van der Waals surface area contributed by atoms with E-state index in [-0.39, 0.29) is 6.10 Å². The van der Waals surface area contributed by atoms with Crippen LogP contribution in [-0.4, -0.2) is 5.11 Å². The van der Waals surface area contributed by atoms with E-state index >= 15 is 0 Å². The van der Waals surface area contributed by atoms with Gasteiger partial charge in [0.25, 0.3) is 0 Å². The molecule has 0 saturated heterocycles. The highest BCUT2D eigenvalue weighted by atomic mass is 16.3. The lowest BCUT2D eigenvalue weighted by Crippen LogP contribution is -2.05. The van der Waals surface area contributed by atoms with Crippen LogP contribution in [0, 0.1) is 0 Å². The molecule has 1 aromatic rings. The van der Waals surface area contributed by atoms with Crippen LogP contribution >= 0.6 is 0 Å². The minimum Gasteiger partial charge on any atom is -0.388 e. The standard InChI is InChI=1S/C12H14O/c13-11-7-9-5-1-3-8-4-2-6-10(11)12(8)9/h2,4,6,9,11,13H,1,3,5,7H2/t9-,11-/m1/s1. The van der Waals surface area contributed by atoms with Crippen molar-refractivity contribution >= 4 is 0 Å². The Labute approximate surface area is 78.4 Å². The summed E-state index contributed by atoms with van der Waals surface area (Å²) < 4.78 is 0. The maximum atomic E-state index is 9.84. The molecule has 0 aromatic heterocycles. The molecule has 68 valence electrons. The Balaban J connectivity index is 2.22. The third kappa shape index (κ3) is 0.969. The van der Waals surface area contributed by atoms with E-state index in [2.05, 4.69) is 18.2 Å². The van der Waals surface area contributed by atoms with Gasteiger partial charge in [-0.15, -0.1) is 0 Å². The Kier molecular flexibility index (Phi) is 1.50. The minimum atomic E-state index is -0.182. The first kappa shape index (κ1) is 7.57. The van der Waals surface area contributed by atoms with Crippen LogP contribution in [0.15, 0.2) is 18.2 Å². The number of rotatable bonds is 0. The van der Waals surface area contributed by atoms with Gasteiger partial charge in [0, 0.05) is 0 Å². The molecule has 2 aliphatic rings. The lowest BCUT2D eigenvalue weighted by atomic mass is 9.84. The van der Waals surface area contributed by atoms with E-state index < -0.39 is 0 Å². The van der Waals surface area contributed by atoms with E-state index in [1.165, 1.54) is 36.0 Å². The van der Waals surface area contributed by atoms with Gasteiger partial charge in [0.15, 0.2) is 0 Å². The predicted octanol–water partition coefficient (Wildman–Crippen LogP) is 2.54. The molecule has 13 heavy (non-hydrogen) atoms. The van der Waals surface area contributed by atoms with Crippen molar-refractivity contribution in [3.8, 4) is 0 Å².